The lowest BCUT2D eigenvalue weighted by Crippen LogP contribution is -2.15. The van der Waals surface area contributed by atoms with E-state index in [0.717, 1.165) is 20.9 Å². The van der Waals surface area contributed by atoms with Crippen molar-refractivity contribution in [3.05, 3.63) is 23.8 Å². The van der Waals surface area contributed by atoms with E-state index in [-0.39, 0.29) is 5.91 Å². The Morgan fingerprint density at radius 3 is 3.06 bits per heavy atom. The first-order valence-corrected chi connectivity index (χ1v) is 5.87. The van der Waals surface area contributed by atoms with Crippen molar-refractivity contribution in [3.8, 4) is 0 Å². The number of thiazole rings is 1. The van der Waals surface area contributed by atoms with Crippen LogP contribution in [0.2, 0.25) is 0 Å². The summed E-state index contributed by atoms with van der Waals surface area (Å²) in [6.45, 7) is 2.57. The number of aromatic nitrogens is 1. The summed E-state index contributed by atoms with van der Waals surface area (Å²) >= 11 is 1.59. The molecule has 0 saturated carbocycles. The third-order valence-electron chi connectivity index (χ3n) is 2.27. The SMILES string of the molecule is Cc1cccc2sc(NCCC(N)=O)nc12. The van der Waals surface area contributed by atoms with Crippen molar-refractivity contribution in [2.45, 2.75) is 13.3 Å². The highest BCUT2D eigenvalue weighted by molar-refractivity contribution is 7.22. The molecule has 1 aromatic carbocycles. The van der Waals surface area contributed by atoms with Crippen LogP contribution in [0.4, 0.5) is 5.13 Å². The second-order valence-electron chi connectivity index (χ2n) is 3.58. The van der Waals surface area contributed by atoms with Crippen LogP contribution < -0.4 is 11.1 Å². The van der Waals surface area contributed by atoms with E-state index >= 15 is 0 Å². The van der Waals surface area contributed by atoms with Gasteiger partial charge in [0.25, 0.3) is 0 Å². The van der Waals surface area contributed by atoms with Gasteiger partial charge >= 0.3 is 0 Å². The maximum Gasteiger partial charge on any atom is 0.219 e. The van der Waals surface area contributed by atoms with Crippen LogP contribution in [0.25, 0.3) is 10.2 Å². The van der Waals surface area contributed by atoms with Crippen LogP contribution in [0, 0.1) is 6.92 Å². The van der Waals surface area contributed by atoms with Gasteiger partial charge in [0.2, 0.25) is 5.91 Å². The van der Waals surface area contributed by atoms with Crippen LogP contribution in [-0.4, -0.2) is 17.4 Å². The minimum absolute atomic E-state index is 0.301. The van der Waals surface area contributed by atoms with E-state index in [0.29, 0.717) is 13.0 Å². The molecule has 0 aliphatic carbocycles. The molecule has 5 heteroatoms. The Morgan fingerprint density at radius 1 is 1.56 bits per heavy atom. The summed E-state index contributed by atoms with van der Waals surface area (Å²) in [5, 5.41) is 3.94. The van der Waals surface area contributed by atoms with Gasteiger partial charge in [-0.3, -0.25) is 4.79 Å². The highest BCUT2D eigenvalue weighted by atomic mass is 32.1. The standard InChI is InChI=1S/C11H13N3OS/c1-7-3-2-4-8-10(7)14-11(16-8)13-6-5-9(12)15/h2-4H,5-6H2,1H3,(H2,12,15)(H,13,14). The van der Waals surface area contributed by atoms with Crippen LogP contribution in [0.15, 0.2) is 18.2 Å². The number of carbonyl (C=O) groups is 1. The molecule has 2 aromatic rings. The van der Waals surface area contributed by atoms with E-state index in [1.165, 1.54) is 0 Å². The number of benzene rings is 1. The smallest absolute Gasteiger partial charge is 0.219 e. The number of hydrogen-bond acceptors (Lipinski definition) is 4. The van der Waals surface area contributed by atoms with Crippen molar-refractivity contribution in [3.63, 3.8) is 0 Å². The number of amides is 1. The molecular weight excluding hydrogens is 222 g/mol. The quantitative estimate of drug-likeness (QED) is 0.850. The van der Waals surface area contributed by atoms with Gasteiger partial charge in [-0.05, 0) is 18.6 Å². The number of para-hydroxylation sites is 1. The number of aryl methyl sites for hydroxylation is 1. The maximum atomic E-state index is 10.6. The summed E-state index contributed by atoms with van der Waals surface area (Å²) in [7, 11) is 0. The molecule has 3 N–H and O–H groups in total. The Bertz CT molecular complexity index is 521. The van der Waals surface area contributed by atoms with E-state index in [1.807, 2.05) is 25.1 Å². The molecule has 1 aromatic heterocycles. The summed E-state index contributed by atoms with van der Waals surface area (Å²) in [5.41, 5.74) is 7.25. The predicted molar refractivity (Wildman–Crippen MR) is 66.7 cm³/mol. The maximum absolute atomic E-state index is 10.6. The highest BCUT2D eigenvalue weighted by Crippen LogP contribution is 2.27. The first-order valence-electron chi connectivity index (χ1n) is 5.05. The topological polar surface area (TPSA) is 68.0 Å². The van der Waals surface area contributed by atoms with Crippen molar-refractivity contribution in [1.82, 2.24) is 4.98 Å². The van der Waals surface area contributed by atoms with E-state index in [9.17, 15) is 4.79 Å². The number of rotatable bonds is 4. The summed E-state index contributed by atoms with van der Waals surface area (Å²) in [5.74, 6) is -0.301. The van der Waals surface area contributed by atoms with Crippen LogP contribution in [0.3, 0.4) is 0 Å². The van der Waals surface area contributed by atoms with Gasteiger partial charge in [0, 0.05) is 13.0 Å². The number of primary amides is 1. The Morgan fingerprint density at radius 2 is 2.38 bits per heavy atom. The number of carbonyl (C=O) groups excluding carboxylic acids is 1. The van der Waals surface area contributed by atoms with Crippen molar-refractivity contribution in [1.29, 1.82) is 0 Å². The largest absolute Gasteiger partial charge is 0.370 e. The van der Waals surface area contributed by atoms with Crippen LogP contribution in [0.5, 0.6) is 0 Å². The van der Waals surface area contributed by atoms with Crippen LogP contribution >= 0.6 is 11.3 Å². The first-order chi connectivity index (χ1) is 7.66. The van der Waals surface area contributed by atoms with Crippen LogP contribution in [0.1, 0.15) is 12.0 Å². The molecule has 0 aliphatic rings. The third kappa shape index (κ3) is 2.30. The molecule has 0 spiro atoms. The summed E-state index contributed by atoms with van der Waals surface area (Å²) < 4.78 is 1.15. The Kier molecular flexibility index (Phi) is 3.05. The fourth-order valence-electron chi connectivity index (χ4n) is 1.45. The lowest BCUT2D eigenvalue weighted by molar-refractivity contribution is -0.117. The summed E-state index contributed by atoms with van der Waals surface area (Å²) in [6.07, 6.45) is 0.328. The van der Waals surface area contributed by atoms with Gasteiger partial charge in [-0.15, -0.1) is 0 Å². The van der Waals surface area contributed by atoms with Crippen LogP contribution in [-0.2, 0) is 4.79 Å². The second kappa shape index (κ2) is 4.49. The second-order valence-corrected chi connectivity index (χ2v) is 4.61. The molecule has 0 aliphatic heterocycles. The van der Waals surface area contributed by atoms with Crippen molar-refractivity contribution < 1.29 is 4.79 Å². The molecular formula is C11H13N3OS. The lowest BCUT2D eigenvalue weighted by Gasteiger charge is -1.98. The molecule has 2 rings (SSSR count). The van der Waals surface area contributed by atoms with E-state index in [4.69, 9.17) is 5.73 Å². The predicted octanol–water partition coefficient (Wildman–Crippen LogP) is 1.89. The molecule has 0 fully saturated rings. The van der Waals surface area contributed by atoms with Crippen molar-refractivity contribution in [2.75, 3.05) is 11.9 Å². The fourth-order valence-corrected chi connectivity index (χ4v) is 2.42. The molecule has 0 bridgehead atoms. The van der Waals surface area contributed by atoms with Gasteiger partial charge in [0.15, 0.2) is 5.13 Å². The molecule has 0 radical (unpaired) electrons. The monoisotopic (exact) mass is 235 g/mol. The van der Waals surface area contributed by atoms with E-state index in [1.54, 1.807) is 11.3 Å². The lowest BCUT2D eigenvalue weighted by atomic mass is 10.2. The first kappa shape index (κ1) is 10.9. The van der Waals surface area contributed by atoms with Crippen molar-refractivity contribution >= 4 is 32.6 Å². The molecule has 0 atom stereocenters. The number of anilines is 1. The van der Waals surface area contributed by atoms with Gasteiger partial charge in [-0.25, -0.2) is 4.98 Å². The average molecular weight is 235 g/mol. The van der Waals surface area contributed by atoms with Gasteiger partial charge in [0.05, 0.1) is 10.2 Å². The molecule has 16 heavy (non-hydrogen) atoms. The number of nitrogens with one attached hydrogen (secondary N) is 1. The Labute approximate surface area is 97.5 Å². The fraction of sp³-hybridized carbons (Fsp3) is 0.273. The normalized spacial score (nSPS) is 10.6. The van der Waals surface area contributed by atoms with E-state index in [2.05, 4.69) is 10.3 Å². The summed E-state index contributed by atoms with van der Waals surface area (Å²) in [4.78, 5) is 15.0. The Balaban J connectivity index is 2.14. The number of nitrogens with two attached hydrogens (primary N) is 1. The number of hydrogen-bond donors (Lipinski definition) is 2. The zero-order valence-electron chi connectivity index (χ0n) is 8.99. The van der Waals surface area contributed by atoms with Gasteiger partial charge in [-0.2, -0.15) is 0 Å². The van der Waals surface area contributed by atoms with Crippen molar-refractivity contribution in [2.24, 2.45) is 5.73 Å². The molecule has 84 valence electrons. The van der Waals surface area contributed by atoms with Gasteiger partial charge < -0.3 is 11.1 Å². The Hall–Kier alpha value is -1.62. The molecule has 4 nitrogen and oxygen atoms in total. The number of fused-ring (bicyclic) bond motifs is 1. The molecule has 1 amide bonds. The molecule has 0 unspecified atom stereocenters. The average Bonchev–Trinajstić information content (AvgIpc) is 2.61. The molecule has 0 saturated heterocycles. The molecule has 1 heterocycles. The zero-order valence-corrected chi connectivity index (χ0v) is 9.80. The highest BCUT2D eigenvalue weighted by Gasteiger charge is 2.05. The zero-order chi connectivity index (χ0) is 11.5. The van der Waals surface area contributed by atoms with E-state index < -0.39 is 0 Å². The number of nitrogens with zero attached hydrogens (tertiary/aromatic N) is 1. The van der Waals surface area contributed by atoms with Gasteiger partial charge in [-0.1, -0.05) is 23.5 Å². The summed E-state index contributed by atoms with van der Waals surface area (Å²) in [6, 6.07) is 6.09. The van der Waals surface area contributed by atoms with Gasteiger partial charge in [0.1, 0.15) is 0 Å². The minimum atomic E-state index is -0.301. The third-order valence-corrected chi connectivity index (χ3v) is 3.25. The minimum Gasteiger partial charge on any atom is -0.370 e.